The van der Waals surface area contributed by atoms with E-state index in [1.807, 2.05) is 30.9 Å². The molecule has 6 nitrogen and oxygen atoms in total. The Morgan fingerprint density at radius 1 is 1.42 bits per heavy atom. The van der Waals surface area contributed by atoms with E-state index in [4.69, 9.17) is 4.42 Å². The van der Waals surface area contributed by atoms with E-state index in [1.165, 1.54) is 12.0 Å². The van der Waals surface area contributed by atoms with Crippen molar-refractivity contribution < 1.29 is 9.21 Å². The summed E-state index contributed by atoms with van der Waals surface area (Å²) in [5, 5.41) is 10.4. The maximum atomic E-state index is 12.8. The highest BCUT2D eigenvalue weighted by Crippen LogP contribution is 2.33. The Kier molecular flexibility index (Phi) is 5.23. The van der Waals surface area contributed by atoms with E-state index in [0.717, 1.165) is 43.0 Å². The van der Waals surface area contributed by atoms with Gasteiger partial charge >= 0.3 is 6.03 Å². The van der Waals surface area contributed by atoms with Crippen molar-refractivity contribution >= 4 is 6.03 Å². The summed E-state index contributed by atoms with van der Waals surface area (Å²) in [5.41, 5.74) is 3.23. The first-order valence-corrected chi connectivity index (χ1v) is 8.75. The molecule has 3 heterocycles. The van der Waals surface area contributed by atoms with Gasteiger partial charge in [0.05, 0.1) is 18.0 Å². The van der Waals surface area contributed by atoms with Gasteiger partial charge in [0.2, 0.25) is 0 Å². The Morgan fingerprint density at radius 2 is 2.29 bits per heavy atom. The molecule has 2 amide bonds. The lowest BCUT2D eigenvalue weighted by atomic mass is 9.99. The molecule has 2 N–H and O–H groups in total. The number of nitrogens with one attached hydrogen (secondary N) is 2. The van der Waals surface area contributed by atoms with Crippen molar-refractivity contribution in [1.29, 1.82) is 0 Å². The molecule has 0 saturated carbocycles. The zero-order valence-corrected chi connectivity index (χ0v) is 14.5. The van der Waals surface area contributed by atoms with Gasteiger partial charge in [-0.05, 0) is 38.8 Å². The van der Waals surface area contributed by atoms with Crippen LogP contribution in [-0.4, -0.2) is 34.2 Å². The molecule has 130 valence electrons. The second-order valence-corrected chi connectivity index (χ2v) is 6.47. The monoisotopic (exact) mass is 330 g/mol. The lowest BCUT2D eigenvalue weighted by molar-refractivity contribution is 0.175. The number of aromatic amines is 1. The van der Waals surface area contributed by atoms with Gasteiger partial charge in [0, 0.05) is 30.8 Å². The highest BCUT2D eigenvalue weighted by molar-refractivity contribution is 5.75. The molecule has 2 aromatic rings. The first-order chi connectivity index (χ1) is 11.7. The van der Waals surface area contributed by atoms with Crippen LogP contribution in [-0.2, 0) is 6.42 Å². The third kappa shape index (κ3) is 3.63. The van der Waals surface area contributed by atoms with Crippen LogP contribution < -0.4 is 5.32 Å². The molecule has 2 aromatic heterocycles. The molecule has 1 atom stereocenters. The quantitative estimate of drug-likeness (QED) is 0.901. The molecule has 0 spiro atoms. The van der Waals surface area contributed by atoms with Crippen molar-refractivity contribution in [2.75, 3.05) is 13.1 Å². The van der Waals surface area contributed by atoms with Gasteiger partial charge in [0.25, 0.3) is 0 Å². The molecule has 1 fully saturated rings. The number of amides is 2. The summed E-state index contributed by atoms with van der Waals surface area (Å²) in [6, 6.07) is 3.91. The highest BCUT2D eigenvalue weighted by Gasteiger charge is 2.29. The number of carbonyl (C=O) groups excluding carboxylic acids is 1. The summed E-state index contributed by atoms with van der Waals surface area (Å²) in [7, 11) is 0. The Balaban J connectivity index is 1.68. The summed E-state index contributed by atoms with van der Waals surface area (Å²) < 4.78 is 5.31. The molecule has 0 aromatic carbocycles. The van der Waals surface area contributed by atoms with Gasteiger partial charge in [-0.25, -0.2) is 4.79 Å². The number of H-pyrrole nitrogens is 1. The Morgan fingerprint density at radius 3 is 3.00 bits per heavy atom. The lowest BCUT2D eigenvalue weighted by Gasteiger charge is -2.30. The molecule has 24 heavy (non-hydrogen) atoms. The van der Waals surface area contributed by atoms with Gasteiger partial charge in [-0.15, -0.1) is 0 Å². The molecule has 0 bridgehead atoms. The predicted octanol–water partition coefficient (Wildman–Crippen LogP) is 3.49. The number of hydrogen-bond donors (Lipinski definition) is 2. The van der Waals surface area contributed by atoms with E-state index in [1.54, 1.807) is 6.26 Å². The van der Waals surface area contributed by atoms with E-state index < -0.39 is 0 Å². The van der Waals surface area contributed by atoms with Crippen molar-refractivity contribution in [2.24, 2.45) is 0 Å². The number of furan rings is 1. The molecule has 1 unspecified atom stereocenters. The fraction of sp³-hybridized carbons (Fsp3) is 0.556. The number of hydrogen-bond acceptors (Lipinski definition) is 3. The Bertz CT molecular complexity index is 643. The molecular formula is C18H26N4O2. The predicted molar refractivity (Wildman–Crippen MR) is 91.8 cm³/mol. The third-order valence-corrected chi connectivity index (χ3v) is 4.76. The largest absolute Gasteiger partial charge is 0.469 e. The average molecular weight is 330 g/mol. The van der Waals surface area contributed by atoms with Crippen molar-refractivity contribution in [3.05, 3.63) is 41.1 Å². The SMILES string of the molecule is Cc1n[nH]c(C)c1C1CCCCCN1C(=O)NCCc1ccco1. The second-order valence-electron chi connectivity index (χ2n) is 6.47. The lowest BCUT2D eigenvalue weighted by Crippen LogP contribution is -2.43. The molecular weight excluding hydrogens is 304 g/mol. The Hall–Kier alpha value is -2.24. The van der Waals surface area contributed by atoms with Crippen LogP contribution in [0.4, 0.5) is 4.79 Å². The normalized spacial score (nSPS) is 18.4. The number of rotatable bonds is 4. The minimum Gasteiger partial charge on any atom is -0.469 e. The third-order valence-electron chi connectivity index (χ3n) is 4.76. The van der Waals surface area contributed by atoms with Gasteiger partial charge in [-0.3, -0.25) is 5.10 Å². The number of urea groups is 1. The van der Waals surface area contributed by atoms with Gasteiger partial charge in [-0.2, -0.15) is 5.10 Å². The minimum atomic E-state index is 0.00783. The van der Waals surface area contributed by atoms with Gasteiger partial charge in [0.1, 0.15) is 5.76 Å². The van der Waals surface area contributed by atoms with Gasteiger partial charge < -0.3 is 14.6 Å². The fourth-order valence-corrected chi connectivity index (χ4v) is 3.55. The van der Waals surface area contributed by atoms with Crippen LogP contribution in [0.2, 0.25) is 0 Å². The number of nitrogens with zero attached hydrogens (tertiary/aromatic N) is 2. The summed E-state index contributed by atoms with van der Waals surface area (Å²) in [5.74, 6) is 0.893. The van der Waals surface area contributed by atoms with E-state index in [9.17, 15) is 4.79 Å². The number of carbonyl (C=O) groups is 1. The molecule has 1 aliphatic heterocycles. The van der Waals surface area contributed by atoms with Crippen molar-refractivity contribution in [2.45, 2.75) is 52.0 Å². The zero-order chi connectivity index (χ0) is 16.9. The first-order valence-electron chi connectivity index (χ1n) is 8.75. The number of aryl methyl sites for hydroxylation is 2. The summed E-state index contributed by atoms with van der Waals surface area (Å²) in [6.45, 7) is 5.42. The van der Waals surface area contributed by atoms with Crippen LogP contribution >= 0.6 is 0 Å². The topological polar surface area (TPSA) is 74.2 Å². The maximum Gasteiger partial charge on any atom is 0.317 e. The molecule has 3 rings (SSSR count). The van der Waals surface area contributed by atoms with Gasteiger partial charge in [0.15, 0.2) is 0 Å². The second kappa shape index (κ2) is 7.55. The first kappa shape index (κ1) is 16.6. The highest BCUT2D eigenvalue weighted by atomic mass is 16.3. The van der Waals surface area contributed by atoms with E-state index in [0.29, 0.717) is 13.0 Å². The standard InChI is InChI=1S/C18H26N4O2/c1-13-17(14(2)21-20-13)16-8-4-3-5-11-22(16)18(23)19-10-9-15-7-6-12-24-15/h6-7,12,16H,3-5,8-11H2,1-2H3,(H,19,23)(H,20,21). The number of likely N-dealkylation sites (tertiary alicyclic amines) is 1. The van der Waals surface area contributed by atoms with Crippen molar-refractivity contribution in [3.63, 3.8) is 0 Å². The zero-order valence-electron chi connectivity index (χ0n) is 14.5. The van der Waals surface area contributed by atoms with E-state index >= 15 is 0 Å². The smallest absolute Gasteiger partial charge is 0.317 e. The summed E-state index contributed by atoms with van der Waals surface area (Å²) in [6.07, 6.45) is 6.73. The average Bonchev–Trinajstić information content (AvgIpc) is 3.11. The molecule has 1 saturated heterocycles. The summed E-state index contributed by atoms with van der Waals surface area (Å²) >= 11 is 0. The maximum absolute atomic E-state index is 12.8. The molecule has 1 aliphatic rings. The van der Waals surface area contributed by atoms with Crippen LogP contribution in [0.15, 0.2) is 22.8 Å². The van der Waals surface area contributed by atoms with E-state index in [-0.39, 0.29) is 12.1 Å². The molecule has 0 radical (unpaired) electrons. The van der Waals surface area contributed by atoms with Crippen LogP contribution in [0.3, 0.4) is 0 Å². The molecule has 0 aliphatic carbocycles. The van der Waals surface area contributed by atoms with E-state index in [2.05, 4.69) is 15.5 Å². The van der Waals surface area contributed by atoms with Crippen LogP contribution in [0.1, 0.15) is 54.4 Å². The van der Waals surface area contributed by atoms with Crippen LogP contribution in [0.25, 0.3) is 0 Å². The molecule has 6 heteroatoms. The van der Waals surface area contributed by atoms with Gasteiger partial charge in [-0.1, -0.05) is 12.8 Å². The summed E-state index contributed by atoms with van der Waals surface area (Å²) in [4.78, 5) is 14.7. The van der Waals surface area contributed by atoms with Crippen molar-refractivity contribution in [1.82, 2.24) is 20.4 Å². The minimum absolute atomic E-state index is 0.00783. The van der Waals surface area contributed by atoms with Crippen LogP contribution in [0.5, 0.6) is 0 Å². The van der Waals surface area contributed by atoms with Crippen LogP contribution in [0, 0.1) is 13.8 Å². The Labute approximate surface area is 142 Å². The van der Waals surface area contributed by atoms with Crippen molar-refractivity contribution in [3.8, 4) is 0 Å². The fourth-order valence-electron chi connectivity index (χ4n) is 3.55. The number of aromatic nitrogens is 2.